The molecule has 1 fully saturated rings. The second-order valence-electron chi connectivity index (χ2n) is 4.77. The molecule has 0 aromatic heterocycles. The minimum Gasteiger partial charge on any atom is -0.349 e. The summed E-state index contributed by atoms with van der Waals surface area (Å²) in [7, 11) is 0. The van der Waals surface area contributed by atoms with Crippen molar-refractivity contribution < 1.29 is 4.79 Å². The molecule has 3 heteroatoms. The second kappa shape index (κ2) is 5.85. The van der Waals surface area contributed by atoms with Crippen molar-refractivity contribution in [2.45, 2.75) is 38.6 Å². The molecule has 1 saturated carbocycles. The van der Waals surface area contributed by atoms with Gasteiger partial charge in [0.25, 0.3) is 5.91 Å². The van der Waals surface area contributed by atoms with Gasteiger partial charge in [-0.15, -0.1) is 0 Å². The van der Waals surface area contributed by atoms with E-state index >= 15 is 0 Å². The minimum absolute atomic E-state index is 0.0658. The predicted octanol–water partition coefficient (Wildman–Crippen LogP) is 3.60. The lowest BCUT2D eigenvalue weighted by Crippen LogP contribution is -2.34. The zero-order valence-corrected chi connectivity index (χ0v) is 12.2. The monoisotopic (exact) mass is 343 g/mol. The van der Waals surface area contributed by atoms with Crippen LogP contribution in [0.3, 0.4) is 0 Å². The molecular formula is C14H18INO. The summed E-state index contributed by atoms with van der Waals surface area (Å²) < 4.78 is 1.10. The van der Waals surface area contributed by atoms with Crippen LogP contribution in [0, 0.1) is 9.49 Å². The first-order chi connectivity index (χ1) is 8.19. The number of benzene rings is 1. The molecule has 1 aliphatic carbocycles. The molecule has 2 rings (SSSR count). The van der Waals surface area contributed by atoms with Gasteiger partial charge in [0, 0.05) is 15.2 Å². The molecule has 1 N–H and O–H groups in total. The molecule has 0 heterocycles. The number of carbonyl (C=O) groups excluding carboxylic acids is 1. The first kappa shape index (κ1) is 12.9. The first-order valence-corrected chi connectivity index (χ1v) is 7.33. The number of hydrogen-bond donors (Lipinski definition) is 1. The zero-order chi connectivity index (χ0) is 12.3. The highest BCUT2D eigenvalue weighted by Gasteiger charge is 2.25. The molecule has 17 heavy (non-hydrogen) atoms. The Morgan fingerprint density at radius 1 is 1.53 bits per heavy atom. The Labute approximate surface area is 116 Å². The third kappa shape index (κ3) is 3.98. The van der Waals surface area contributed by atoms with Crippen molar-refractivity contribution in [3.8, 4) is 0 Å². The Balaban J connectivity index is 1.94. The summed E-state index contributed by atoms with van der Waals surface area (Å²) in [5.41, 5.74) is 0.770. The van der Waals surface area contributed by atoms with Gasteiger partial charge >= 0.3 is 0 Å². The molecule has 0 spiro atoms. The number of carbonyl (C=O) groups is 1. The molecule has 1 atom stereocenters. The molecule has 1 aliphatic rings. The van der Waals surface area contributed by atoms with E-state index in [-0.39, 0.29) is 5.91 Å². The Morgan fingerprint density at radius 2 is 2.29 bits per heavy atom. The largest absolute Gasteiger partial charge is 0.349 e. The number of hydrogen-bond acceptors (Lipinski definition) is 1. The average molecular weight is 343 g/mol. The van der Waals surface area contributed by atoms with E-state index in [1.54, 1.807) is 0 Å². The van der Waals surface area contributed by atoms with Crippen LogP contribution in [0.25, 0.3) is 0 Å². The van der Waals surface area contributed by atoms with E-state index in [2.05, 4.69) is 34.8 Å². The summed E-state index contributed by atoms with van der Waals surface area (Å²) in [6.45, 7) is 2.14. The van der Waals surface area contributed by atoms with E-state index in [4.69, 9.17) is 0 Å². The second-order valence-corrected chi connectivity index (χ2v) is 6.01. The molecule has 0 bridgehead atoms. The SMILES string of the molecule is CCC(CC1CC1)NC(=O)c1cccc(I)c1. The van der Waals surface area contributed by atoms with Crippen LogP contribution in [0.15, 0.2) is 24.3 Å². The molecule has 0 saturated heterocycles. The zero-order valence-electron chi connectivity index (χ0n) is 10.1. The van der Waals surface area contributed by atoms with Gasteiger partial charge in [0.2, 0.25) is 0 Å². The van der Waals surface area contributed by atoms with Crippen molar-refractivity contribution in [3.05, 3.63) is 33.4 Å². The molecule has 2 nitrogen and oxygen atoms in total. The lowest BCUT2D eigenvalue weighted by molar-refractivity contribution is 0.0932. The van der Waals surface area contributed by atoms with Gasteiger partial charge < -0.3 is 5.32 Å². The molecule has 1 aromatic rings. The molecule has 92 valence electrons. The van der Waals surface area contributed by atoms with Crippen LogP contribution in [0.1, 0.15) is 43.0 Å². The first-order valence-electron chi connectivity index (χ1n) is 6.25. The summed E-state index contributed by atoms with van der Waals surface area (Å²) in [6, 6.07) is 8.08. The number of amides is 1. The lowest BCUT2D eigenvalue weighted by Gasteiger charge is -2.16. The average Bonchev–Trinajstić information content (AvgIpc) is 3.12. The number of nitrogens with one attached hydrogen (secondary N) is 1. The summed E-state index contributed by atoms with van der Waals surface area (Å²) >= 11 is 2.23. The van der Waals surface area contributed by atoms with Gasteiger partial charge in [-0.2, -0.15) is 0 Å². The lowest BCUT2D eigenvalue weighted by atomic mass is 10.1. The highest BCUT2D eigenvalue weighted by Crippen LogP contribution is 2.34. The van der Waals surface area contributed by atoms with E-state index in [0.29, 0.717) is 6.04 Å². The van der Waals surface area contributed by atoms with Crippen molar-refractivity contribution in [1.82, 2.24) is 5.32 Å². The summed E-state index contributed by atoms with van der Waals surface area (Å²) in [6.07, 6.45) is 4.85. The quantitative estimate of drug-likeness (QED) is 0.814. The van der Waals surface area contributed by atoms with Crippen LogP contribution in [0.2, 0.25) is 0 Å². The fraction of sp³-hybridized carbons (Fsp3) is 0.500. The van der Waals surface area contributed by atoms with Gasteiger partial charge in [-0.1, -0.05) is 25.8 Å². The standard InChI is InChI=1S/C14H18INO/c1-2-13(8-10-6-7-10)16-14(17)11-4-3-5-12(15)9-11/h3-5,9-10,13H,2,6-8H2,1H3,(H,16,17). The normalized spacial score (nSPS) is 16.6. The third-order valence-corrected chi connectivity index (χ3v) is 3.90. The van der Waals surface area contributed by atoms with Gasteiger partial charge in [0.05, 0.1) is 0 Å². The Hall–Kier alpha value is -0.580. The fourth-order valence-corrected chi connectivity index (χ4v) is 2.53. The molecular weight excluding hydrogens is 325 g/mol. The Kier molecular flexibility index (Phi) is 4.42. The molecule has 0 radical (unpaired) electrons. The van der Waals surface area contributed by atoms with E-state index in [1.807, 2.05) is 24.3 Å². The van der Waals surface area contributed by atoms with Crippen molar-refractivity contribution in [2.75, 3.05) is 0 Å². The van der Waals surface area contributed by atoms with Gasteiger partial charge in [-0.3, -0.25) is 4.79 Å². The van der Waals surface area contributed by atoms with Crippen molar-refractivity contribution >= 4 is 28.5 Å². The maximum atomic E-state index is 12.1. The summed E-state index contributed by atoms with van der Waals surface area (Å²) in [5, 5.41) is 3.14. The van der Waals surface area contributed by atoms with E-state index in [1.165, 1.54) is 12.8 Å². The van der Waals surface area contributed by atoms with E-state index in [0.717, 1.165) is 27.9 Å². The highest BCUT2D eigenvalue weighted by molar-refractivity contribution is 14.1. The van der Waals surface area contributed by atoms with Gasteiger partial charge in [-0.05, 0) is 59.5 Å². The van der Waals surface area contributed by atoms with Crippen LogP contribution in [0.5, 0.6) is 0 Å². The van der Waals surface area contributed by atoms with Crippen molar-refractivity contribution in [1.29, 1.82) is 0 Å². The molecule has 0 aliphatic heterocycles. The third-order valence-electron chi connectivity index (χ3n) is 3.23. The molecule has 1 aromatic carbocycles. The highest BCUT2D eigenvalue weighted by atomic mass is 127. The van der Waals surface area contributed by atoms with Crippen molar-refractivity contribution in [2.24, 2.45) is 5.92 Å². The maximum absolute atomic E-state index is 12.1. The van der Waals surface area contributed by atoms with Gasteiger partial charge in [0.1, 0.15) is 0 Å². The summed E-state index contributed by atoms with van der Waals surface area (Å²) in [5.74, 6) is 0.923. The van der Waals surface area contributed by atoms with Crippen LogP contribution < -0.4 is 5.32 Å². The maximum Gasteiger partial charge on any atom is 0.251 e. The Morgan fingerprint density at radius 3 is 2.88 bits per heavy atom. The predicted molar refractivity (Wildman–Crippen MR) is 78.0 cm³/mol. The minimum atomic E-state index is 0.0658. The van der Waals surface area contributed by atoms with Crippen LogP contribution in [0.4, 0.5) is 0 Å². The summed E-state index contributed by atoms with van der Waals surface area (Å²) in [4.78, 5) is 12.1. The molecule has 1 unspecified atom stereocenters. The van der Waals surface area contributed by atoms with E-state index < -0.39 is 0 Å². The van der Waals surface area contributed by atoms with Crippen LogP contribution in [-0.2, 0) is 0 Å². The number of rotatable bonds is 5. The fourth-order valence-electron chi connectivity index (χ4n) is 1.98. The smallest absolute Gasteiger partial charge is 0.251 e. The van der Waals surface area contributed by atoms with Gasteiger partial charge in [-0.25, -0.2) is 0 Å². The van der Waals surface area contributed by atoms with E-state index in [9.17, 15) is 4.79 Å². The topological polar surface area (TPSA) is 29.1 Å². The Bertz CT molecular complexity index is 401. The van der Waals surface area contributed by atoms with Crippen LogP contribution >= 0.6 is 22.6 Å². The van der Waals surface area contributed by atoms with Crippen molar-refractivity contribution in [3.63, 3.8) is 0 Å². The van der Waals surface area contributed by atoms with Crippen LogP contribution in [-0.4, -0.2) is 11.9 Å². The molecule has 1 amide bonds. The van der Waals surface area contributed by atoms with Gasteiger partial charge in [0.15, 0.2) is 0 Å². The number of halogens is 1.